The highest BCUT2D eigenvalue weighted by Crippen LogP contribution is 2.26. The summed E-state index contributed by atoms with van der Waals surface area (Å²) >= 11 is 1.42. The topological polar surface area (TPSA) is 42.4 Å². The van der Waals surface area contributed by atoms with Crippen molar-refractivity contribution in [1.29, 1.82) is 0 Å². The third kappa shape index (κ3) is 3.43. The van der Waals surface area contributed by atoms with E-state index < -0.39 is 0 Å². The number of benzene rings is 1. The van der Waals surface area contributed by atoms with E-state index in [-0.39, 0.29) is 0 Å². The van der Waals surface area contributed by atoms with E-state index in [9.17, 15) is 4.79 Å². The van der Waals surface area contributed by atoms with E-state index >= 15 is 0 Å². The van der Waals surface area contributed by atoms with Gasteiger partial charge >= 0.3 is 0 Å². The molecule has 0 N–H and O–H groups in total. The number of carbonyl (C=O) groups excluding carboxylic acids is 1. The highest BCUT2D eigenvalue weighted by Gasteiger charge is 2.15. The third-order valence-corrected chi connectivity index (χ3v) is 4.06. The lowest BCUT2D eigenvalue weighted by Gasteiger charge is -2.19. The second kappa shape index (κ2) is 7.17. The number of aromatic nitrogens is 1. The molecule has 0 saturated heterocycles. The zero-order chi connectivity index (χ0) is 14.4. The lowest BCUT2D eigenvalue weighted by Crippen LogP contribution is -2.21. The highest BCUT2D eigenvalue weighted by molar-refractivity contribution is 7.17. The molecular formula is C15H18N2O2S. The predicted octanol–water partition coefficient (Wildman–Crippen LogP) is 3.13. The van der Waals surface area contributed by atoms with Crippen molar-refractivity contribution in [2.75, 3.05) is 18.6 Å². The minimum atomic E-state index is 0.369. The zero-order valence-electron chi connectivity index (χ0n) is 11.7. The molecule has 0 atom stereocenters. The third-order valence-electron chi connectivity index (χ3n) is 2.97. The van der Waals surface area contributed by atoms with Crippen molar-refractivity contribution in [2.24, 2.45) is 0 Å². The number of thiazole rings is 1. The number of ether oxygens (including phenoxy) is 1. The van der Waals surface area contributed by atoms with E-state index in [1.807, 2.05) is 18.2 Å². The molecule has 0 amide bonds. The normalized spacial score (nSPS) is 10.5. The lowest BCUT2D eigenvalue weighted by molar-refractivity contribution is 0.112. The Hall–Kier alpha value is -1.72. The number of anilines is 1. The molecule has 1 aromatic carbocycles. The van der Waals surface area contributed by atoms with Gasteiger partial charge in [0.15, 0.2) is 11.4 Å². The smallest absolute Gasteiger partial charge is 0.186 e. The predicted molar refractivity (Wildman–Crippen MR) is 81.4 cm³/mol. The first-order chi connectivity index (χ1) is 9.78. The van der Waals surface area contributed by atoms with Crippen molar-refractivity contribution in [3.05, 3.63) is 46.5 Å². The first-order valence-electron chi connectivity index (χ1n) is 6.51. The minimum Gasteiger partial charge on any atom is -0.378 e. The van der Waals surface area contributed by atoms with Gasteiger partial charge in [0.2, 0.25) is 0 Å². The van der Waals surface area contributed by atoms with E-state index in [1.165, 1.54) is 16.9 Å². The number of methoxy groups -OCH3 is 1. The molecule has 2 aromatic rings. The Labute approximate surface area is 123 Å². The van der Waals surface area contributed by atoms with Crippen LogP contribution in [0.4, 0.5) is 5.13 Å². The van der Waals surface area contributed by atoms with Crippen molar-refractivity contribution in [3.63, 3.8) is 0 Å². The van der Waals surface area contributed by atoms with Crippen LogP contribution in [-0.4, -0.2) is 24.9 Å². The van der Waals surface area contributed by atoms with E-state index in [4.69, 9.17) is 4.74 Å². The molecule has 0 saturated carbocycles. The Morgan fingerprint density at radius 3 is 2.70 bits per heavy atom. The molecule has 0 fully saturated rings. The Morgan fingerprint density at radius 1 is 1.35 bits per heavy atom. The molecule has 1 aromatic heterocycles. The Bertz CT molecular complexity index is 554. The van der Waals surface area contributed by atoms with Crippen LogP contribution in [-0.2, 0) is 17.9 Å². The van der Waals surface area contributed by atoms with Gasteiger partial charge in [-0.15, -0.1) is 0 Å². The second-order valence-corrected chi connectivity index (χ2v) is 5.37. The van der Waals surface area contributed by atoms with Crippen LogP contribution < -0.4 is 4.90 Å². The molecule has 2 rings (SSSR count). The fourth-order valence-electron chi connectivity index (χ4n) is 1.94. The van der Waals surface area contributed by atoms with Crippen molar-refractivity contribution < 1.29 is 9.53 Å². The van der Waals surface area contributed by atoms with Gasteiger partial charge in [-0.3, -0.25) is 4.79 Å². The van der Waals surface area contributed by atoms with Gasteiger partial charge < -0.3 is 9.64 Å². The van der Waals surface area contributed by atoms with Gasteiger partial charge in [0, 0.05) is 20.2 Å². The van der Waals surface area contributed by atoms with Crippen LogP contribution in [0.2, 0.25) is 0 Å². The van der Waals surface area contributed by atoms with Crippen LogP contribution >= 0.6 is 11.3 Å². The summed E-state index contributed by atoms with van der Waals surface area (Å²) in [6.07, 6.45) is 0.853. The number of nitrogens with zero attached hydrogens (tertiary/aromatic N) is 2. The maximum atomic E-state index is 11.1. The zero-order valence-corrected chi connectivity index (χ0v) is 12.5. The molecule has 5 heteroatoms. The number of aldehydes is 1. The van der Waals surface area contributed by atoms with Gasteiger partial charge in [0.25, 0.3) is 0 Å². The molecule has 0 spiro atoms. The summed E-state index contributed by atoms with van der Waals surface area (Å²) in [5.74, 6) is 0. The summed E-state index contributed by atoms with van der Waals surface area (Å²) < 4.78 is 5.08. The molecule has 0 radical (unpaired) electrons. The van der Waals surface area contributed by atoms with Crippen LogP contribution in [0.5, 0.6) is 0 Å². The van der Waals surface area contributed by atoms with Gasteiger partial charge in [0.1, 0.15) is 0 Å². The molecule has 0 bridgehead atoms. The fraction of sp³-hybridized carbons (Fsp3) is 0.333. The summed E-state index contributed by atoms with van der Waals surface area (Å²) in [5.41, 5.74) is 1.94. The molecule has 4 nitrogen and oxygen atoms in total. The highest BCUT2D eigenvalue weighted by atomic mass is 32.1. The maximum Gasteiger partial charge on any atom is 0.186 e. The summed E-state index contributed by atoms with van der Waals surface area (Å²) in [4.78, 5) is 18.4. The molecular weight excluding hydrogens is 272 g/mol. The van der Waals surface area contributed by atoms with E-state index in [0.29, 0.717) is 17.2 Å². The Kier molecular flexibility index (Phi) is 5.26. The molecule has 0 aliphatic carbocycles. The summed E-state index contributed by atoms with van der Waals surface area (Å²) in [6.45, 7) is 4.08. The van der Waals surface area contributed by atoms with Crippen LogP contribution in [0.1, 0.15) is 27.9 Å². The average molecular weight is 290 g/mol. The van der Waals surface area contributed by atoms with Crippen LogP contribution in [0.15, 0.2) is 30.3 Å². The molecule has 0 unspecified atom stereocenters. The van der Waals surface area contributed by atoms with Crippen molar-refractivity contribution in [2.45, 2.75) is 20.1 Å². The standard InChI is InChI=1S/C15H18N2O2S/c1-3-17(9-12-7-5-4-6-8-12)15-16-13(11-19-2)14(10-18)20-15/h4-8,10H,3,9,11H2,1-2H3. The number of rotatable bonds is 7. The SMILES string of the molecule is CCN(Cc1ccccc1)c1nc(COC)c(C=O)s1. The molecule has 0 aliphatic heterocycles. The van der Waals surface area contributed by atoms with Gasteiger partial charge in [-0.25, -0.2) is 4.98 Å². The first-order valence-corrected chi connectivity index (χ1v) is 7.32. The van der Waals surface area contributed by atoms with Crippen molar-refractivity contribution >= 4 is 22.8 Å². The fourth-order valence-corrected chi connectivity index (χ4v) is 2.88. The summed E-state index contributed by atoms with van der Waals surface area (Å²) in [7, 11) is 1.61. The van der Waals surface area contributed by atoms with E-state index in [0.717, 1.165) is 24.5 Å². The summed E-state index contributed by atoms with van der Waals surface area (Å²) in [5, 5.41) is 0.866. The number of carbonyl (C=O) groups is 1. The monoisotopic (exact) mass is 290 g/mol. The van der Waals surface area contributed by atoms with Gasteiger partial charge in [-0.1, -0.05) is 41.7 Å². The van der Waals surface area contributed by atoms with Gasteiger partial charge in [-0.05, 0) is 12.5 Å². The molecule has 1 heterocycles. The average Bonchev–Trinajstić information content (AvgIpc) is 2.89. The Balaban J connectivity index is 2.21. The van der Waals surface area contributed by atoms with E-state index in [1.54, 1.807) is 7.11 Å². The van der Waals surface area contributed by atoms with Crippen LogP contribution in [0.25, 0.3) is 0 Å². The first kappa shape index (κ1) is 14.7. The molecule has 106 valence electrons. The number of hydrogen-bond donors (Lipinski definition) is 0. The van der Waals surface area contributed by atoms with Crippen molar-refractivity contribution in [3.8, 4) is 0 Å². The van der Waals surface area contributed by atoms with Crippen LogP contribution in [0, 0.1) is 0 Å². The largest absolute Gasteiger partial charge is 0.378 e. The van der Waals surface area contributed by atoms with Gasteiger partial charge in [-0.2, -0.15) is 0 Å². The summed E-state index contributed by atoms with van der Waals surface area (Å²) in [6, 6.07) is 10.2. The van der Waals surface area contributed by atoms with Crippen LogP contribution in [0.3, 0.4) is 0 Å². The quantitative estimate of drug-likeness (QED) is 0.735. The van der Waals surface area contributed by atoms with E-state index in [2.05, 4.69) is 28.9 Å². The lowest BCUT2D eigenvalue weighted by atomic mass is 10.2. The minimum absolute atomic E-state index is 0.369. The molecule has 20 heavy (non-hydrogen) atoms. The van der Waals surface area contributed by atoms with Gasteiger partial charge in [0.05, 0.1) is 17.2 Å². The molecule has 0 aliphatic rings. The Morgan fingerprint density at radius 2 is 2.10 bits per heavy atom. The maximum absolute atomic E-state index is 11.1. The number of hydrogen-bond acceptors (Lipinski definition) is 5. The van der Waals surface area contributed by atoms with Crippen molar-refractivity contribution in [1.82, 2.24) is 4.98 Å². The second-order valence-electron chi connectivity index (χ2n) is 4.36.